The fraction of sp³-hybridized carbons (Fsp3) is 0.250. The monoisotopic (exact) mass is 346 g/mol. The number of anilines is 3. The average Bonchev–Trinajstić information content (AvgIpc) is 3.20. The molecule has 4 heterocycles. The van der Waals surface area contributed by atoms with E-state index in [1.165, 1.54) is 0 Å². The van der Waals surface area contributed by atoms with Gasteiger partial charge >= 0.3 is 0 Å². The second kappa shape index (κ2) is 5.42. The first-order valence-corrected chi connectivity index (χ1v) is 8.58. The third kappa shape index (κ3) is 2.02. The highest BCUT2D eigenvalue weighted by Gasteiger charge is 2.33. The topological polar surface area (TPSA) is 58.3 Å². The number of benzene rings is 1. The SMILES string of the molecule is [2H]C(C)(C)N1CN(c2c(C)ccc3c2oc2ncccc23)c2nccnc21. The molecule has 0 unspecified atom stereocenters. The molecule has 0 saturated carbocycles. The van der Waals surface area contributed by atoms with Crippen molar-refractivity contribution in [1.29, 1.82) is 0 Å². The van der Waals surface area contributed by atoms with Crippen LogP contribution in [0.4, 0.5) is 17.3 Å². The van der Waals surface area contributed by atoms with Gasteiger partial charge in [0.05, 0.1) is 13.7 Å². The summed E-state index contributed by atoms with van der Waals surface area (Å²) in [6, 6.07) is 7.27. The molecule has 4 aromatic rings. The van der Waals surface area contributed by atoms with E-state index in [9.17, 15) is 0 Å². The molecule has 0 saturated heterocycles. The number of rotatable bonds is 2. The molecule has 6 heteroatoms. The summed E-state index contributed by atoms with van der Waals surface area (Å²) in [6.07, 6.45) is 5.08. The van der Waals surface area contributed by atoms with Crippen molar-refractivity contribution in [2.75, 3.05) is 16.5 Å². The molecular formula is C20H19N5O. The minimum absolute atomic E-state index is 0.486. The molecule has 1 aliphatic heterocycles. The van der Waals surface area contributed by atoms with E-state index in [4.69, 9.17) is 5.79 Å². The van der Waals surface area contributed by atoms with Gasteiger partial charge in [0.1, 0.15) is 0 Å². The van der Waals surface area contributed by atoms with Crippen LogP contribution < -0.4 is 9.80 Å². The van der Waals surface area contributed by atoms with Gasteiger partial charge in [0.2, 0.25) is 5.71 Å². The maximum atomic E-state index is 8.51. The van der Waals surface area contributed by atoms with Gasteiger partial charge < -0.3 is 14.2 Å². The largest absolute Gasteiger partial charge is 0.435 e. The summed E-state index contributed by atoms with van der Waals surface area (Å²) in [5.74, 6) is 1.45. The van der Waals surface area contributed by atoms with E-state index in [-0.39, 0.29) is 0 Å². The predicted octanol–water partition coefficient (Wildman–Crippen LogP) is 4.40. The lowest BCUT2D eigenvalue weighted by Gasteiger charge is -2.24. The van der Waals surface area contributed by atoms with Crippen LogP contribution in [0.5, 0.6) is 0 Å². The van der Waals surface area contributed by atoms with Crippen LogP contribution in [-0.2, 0) is 0 Å². The normalized spacial score (nSPS) is 15.0. The molecule has 1 aromatic carbocycles. The third-order valence-corrected chi connectivity index (χ3v) is 4.86. The van der Waals surface area contributed by atoms with Crippen LogP contribution in [0.3, 0.4) is 0 Å². The van der Waals surface area contributed by atoms with Gasteiger partial charge in [-0.1, -0.05) is 12.1 Å². The highest BCUT2D eigenvalue weighted by Crippen LogP contribution is 2.44. The Hall–Kier alpha value is -3.15. The molecule has 6 nitrogen and oxygen atoms in total. The van der Waals surface area contributed by atoms with Gasteiger partial charge in [0.25, 0.3) is 0 Å². The van der Waals surface area contributed by atoms with Gasteiger partial charge in [0, 0.05) is 35.4 Å². The quantitative estimate of drug-likeness (QED) is 0.536. The van der Waals surface area contributed by atoms with Gasteiger partial charge in [-0.2, -0.15) is 0 Å². The Bertz CT molecular complexity index is 1180. The van der Waals surface area contributed by atoms with Crippen LogP contribution in [0.25, 0.3) is 22.1 Å². The molecular weight excluding hydrogens is 326 g/mol. The van der Waals surface area contributed by atoms with Crippen molar-refractivity contribution in [3.63, 3.8) is 0 Å². The van der Waals surface area contributed by atoms with Crippen molar-refractivity contribution in [2.24, 2.45) is 0 Å². The summed E-state index contributed by atoms with van der Waals surface area (Å²) in [6.45, 7) is 6.25. The summed E-state index contributed by atoms with van der Waals surface area (Å²) in [5.41, 5.74) is 3.42. The van der Waals surface area contributed by atoms with Gasteiger partial charge in [-0.05, 0) is 38.5 Å². The van der Waals surface area contributed by atoms with Crippen molar-refractivity contribution < 1.29 is 5.79 Å². The number of nitrogens with zero attached hydrogens (tertiary/aromatic N) is 5. The van der Waals surface area contributed by atoms with Crippen LogP contribution in [0, 0.1) is 6.92 Å². The van der Waals surface area contributed by atoms with Crippen molar-refractivity contribution in [3.8, 4) is 0 Å². The minimum Gasteiger partial charge on any atom is -0.435 e. The van der Waals surface area contributed by atoms with Gasteiger partial charge in [-0.3, -0.25) is 0 Å². The Morgan fingerprint density at radius 3 is 2.65 bits per heavy atom. The van der Waals surface area contributed by atoms with E-state index in [2.05, 4.69) is 38.9 Å². The summed E-state index contributed by atoms with van der Waals surface area (Å²) in [5, 5.41) is 2.01. The van der Waals surface area contributed by atoms with Crippen LogP contribution in [0.1, 0.15) is 20.8 Å². The smallest absolute Gasteiger partial charge is 0.227 e. The molecule has 0 spiro atoms. The lowest BCUT2D eigenvalue weighted by molar-refractivity contribution is 0.650. The van der Waals surface area contributed by atoms with Crippen LogP contribution in [0.15, 0.2) is 47.3 Å². The molecule has 0 radical (unpaired) electrons. The number of hydrogen-bond donors (Lipinski definition) is 0. The first-order chi connectivity index (χ1) is 12.9. The molecule has 5 rings (SSSR count). The van der Waals surface area contributed by atoms with Crippen molar-refractivity contribution >= 4 is 39.4 Å². The molecule has 1 aliphatic rings. The average molecular weight is 346 g/mol. The first-order valence-electron chi connectivity index (χ1n) is 9.08. The Balaban J connectivity index is 1.78. The second-order valence-electron chi connectivity index (χ2n) is 6.71. The standard InChI is InChI=1S/C20H19N5O/c1-12(2)24-11-25(19-18(24)21-9-10-22-19)16-13(3)6-7-14-15-5-4-8-23-20(15)26-17(14)16/h4-10,12H,11H2,1-3H3/i12D. The number of pyridine rings is 1. The number of aryl methyl sites for hydroxylation is 1. The summed E-state index contributed by atoms with van der Waals surface area (Å²) >= 11 is 0. The maximum Gasteiger partial charge on any atom is 0.227 e. The molecule has 0 amide bonds. The third-order valence-electron chi connectivity index (χ3n) is 4.86. The van der Waals surface area contributed by atoms with E-state index < -0.39 is 6.02 Å². The number of hydrogen-bond acceptors (Lipinski definition) is 6. The first kappa shape index (κ1) is 14.1. The lowest BCUT2D eigenvalue weighted by Crippen LogP contribution is -2.34. The minimum atomic E-state index is -0.823. The van der Waals surface area contributed by atoms with Gasteiger partial charge in [-0.15, -0.1) is 0 Å². The fourth-order valence-corrected chi connectivity index (χ4v) is 3.60. The highest BCUT2D eigenvalue weighted by molar-refractivity contribution is 6.09. The summed E-state index contributed by atoms with van der Waals surface area (Å²) < 4.78 is 14.7. The maximum absolute atomic E-state index is 8.51. The lowest BCUT2D eigenvalue weighted by atomic mass is 10.1. The number of aromatic nitrogens is 3. The molecule has 0 atom stereocenters. The van der Waals surface area contributed by atoms with E-state index in [1.54, 1.807) is 18.6 Å². The zero-order valence-corrected chi connectivity index (χ0v) is 14.9. The molecule has 3 aromatic heterocycles. The van der Waals surface area contributed by atoms with E-state index in [0.29, 0.717) is 18.2 Å². The number of furan rings is 1. The Morgan fingerprint density at radius 1 is 1.04 bits per heavy atom. The molecule has 130 valence electrons. The van der Waals surface area contributed by atoms with Crippen LogP contribution >= 0.6 is 0 Å². The van der Waals surface area contributed by atoms with Crippen LogP contribution in [-0.4, -0.2) is 27.6 Å². The zero-order chi connectivity index (χ0) is 18.8. The van der Waals surface area contributed by atoms with Crippen LogP contribution in [0.2, 0.25) is 0 Å². The van der Waals surface area contributed by atoms with E-state index in [1.807, 2.05) is 30.9 Å². The Morgan fingerprint density at radius 2 is 1.85 bits per heavy atom. The Kier molecular flexibility index (Phi) is 2.93. The molecule has 26 heavy (non-hydrogen) atoms. The highest BCUT2D eigenvalue weighted by atomic mass is 16.3. The van der Waals surface area contributed by atoms with Gasteiger partial charge in [0.15, 0.2) is 17.2 Å². The Labute approximate surface area is 152 Å². The summed E-state index contributed by atoms with van der Waals surface area (Å²) in [7, 11) is 0. The predicted molar refractivity (Wildman–Crippen MR) is 103 cm³/mol. The van der Waals surface area contributed by atoms with E-state index in [0.717, 1.165) is 33.4 Å². The van der Waals surface area contributed by atoms with E-state index >= 15 is 0 Å². The van der Waals surface area contributed by atoms with Crippen molar-refractivity contribution in [3.05, 3.63) is 48.4 Å². The number of fused-ring (bicyclic) bond motifs is 4. The zero-order valence-electron chi connectivity index (χ0n) is 15.9. The van der Waals surface area contributed by atoms with Crippen molar-refractivity contribution in [1.82, 2.24) is 15.0 Å². The van der Waals surface area contributed by atoms with Gasteiger partial charge in [-0.25, -0.2) is 15.0 Å². The molecule has 0 bridgehead atoms. The van der Waals surface area contributed by atoms with Crippen molar-refractivity contribution in [2.45, 2.75) is 26.8 Å². The molecule has 0 aliphatic carbocycles. The molecule has 0 N–H and O–H groups in total. The second-order valence-corrected chi connectivity index (χ2v) is 6.71. The summed E-state index contributed by atoms with van der Waals surface area (Å²) in [4.78, 5) is 17.4. The molecule has 0 fully saturated rings. The fourth-order valence-electron chi connectivity index (χ4n) is 3.60.